The van der Waals surface area contributed by atoms with Gasteiger partial charge in [0.25, 0.3) is 0 Å². The van der Waals surface area contributed by atoms with E-state index in [2.05, 4.69) is 22.4 Å². The Morgan fingerprint density at radius 3 is 2.95 bits per heavy atom. The summed E-state index contributed by atoms with van der Waals surface area (Å²) in [6.45, 7) is 2.06. The Labute approximate surface area is 124 Å². The number of aromatic nitrogens is 2. The summed E-state index contributed by atoms with van der Waals surface area (Å²) >= 11 is 2.53. The third kappa shape index (κ3) is 4.28. The molecule has 7 heteroatoms. The summed E-state index contributed by atoms with van der Waals surface area (Å²) in [6.07, 6.45) is 1.85. The Kier molecular flexibility index (Phi) is 5.49. The molecule has 0 radical (unpaired) electrons. The topological polar surface area (TPSA) is 54.9 Å². The van der Waals surface area contributed by atoms with Gasteiger partial charge in [-0.1, -0.05) is 30.4 Å². The molecule has 0 saturated heterocycles. The molecule has 1 heterocycles. The first-order chi connectivity index (χ1) is 9.69. The molecule has 106 valence electrons. The van der Waals surface area contributed by atoms with E-state index in [1.54, 1.807) is 18.2 Å². The molecule has 1 aromatic heterocycles. The number of nitrogens with one attached hydrogen (secondary N) is 1. The molecule has 1 aromatic carbocycles. The largest absolute Gasteiger partial charge is 0.300 e. The highest BCUT2D eigenvalue weighted by Gasteiger charge is 2.09. The predicted molar refractivity (Wildman–Crippen MR) is 79.7 cm³/mol. The average Bonchev–Trinajstić information content (AvgIpc) is 2.85. The zero-order chi connectivity index (χ0) is 14.4. The van der Waals surface area contributed by atoms with Crippen molar-refractivity contribution in [3.05, 3.63) is 35.1 Å². The van der Waals surface area contributed by atoms with Crippen LogP contribution in [-0.4, -0.2) is 21.9 Å². The van der Waals surface area contributed by atoms with Crippen LogP contribution in [0, 0.1) is 5.82 Å². The smallest absolute Gasteiger partial charge is 0.236 e. The highest BCUT2D eigenvalue weighted by molar-refractivity contribution is 8.00. The molecule has 0 saturated carbocycles. The van der Waals surface area contributed by atoms with Gasteiger partial charge >= 0.3 is 0 Å². The van der Waals surface area contributed by atoms with Crippen molar-refractivity contribution in [1.29, 1.82) is 0 Å². The minimum atomic E-state index is -0.313. The van der Waals surface area contributed by atoms with Crippen molar-refractivity contribution in [2.24, 2.45) is 0 Å². The first kappa shape index (κ1) is 14.9. The zero-order valence-electron chi connectivity index (χ0n) is 10.9. The molecule has 0 fully saturated rings. The highest BCUT2D eigenvalue weighted by Crippen LogP contribution is 2.22. The minimum absolute atomic E-state index is 0.142. The van der Waals surface area contributed by atoms with Crippen molar-refractivity contribution in [3.8, 4) is 0 Å². The second-order valence-corrected chi connectivity index (χ2v) is 6.10. The lowest BCUT2D eigenvalue weighted by Crippen LogP contribution is -2.13. The van der Waals surface area contributed by atoms with Crippen LogP contribution in [0.3, 0.4) is 0 Å². The van der Waals surface area contributed by atoms with Crippen molar-refractivity contribution in [2.75, 3.05) is 11.1 Å². The van der Waals surface area contributed by atoms with Crippen LogP contribution in [0.4, 0.5) is 9.52 Å². The second kappa shape index (κ2) is 7.35. The van der Waals surface area contributed by atoms with Crippen LogP contribution in [0.1, 0.15) is 18.4 Å². The molecule has 1 N–H and O–H groups in total. The maximum atomic E-state index is 13.4. The maximum Gasteiger partial charge on any atom is 0.236 e. The lowest BCUT2D eigenvalue weighted by molar-refractivity contribution is -0.113. The van der Waals surface area contributed by atoms with Crippen LogP contribution in [0.5, 0.6) is 0 Å². The first-order valence-electron chi connectivity index (χ1n) is 6.18. The molecule has 4 nitrogen and oxygen atoms in total. The van der Waals surface area contributed by atoms with Crippen LogP contribution in [0.15, 0.2) is 29.2 Å². The summed E-state index contributed by atoms with van der Waals surface area (Å²) in [4.78, 5) is 12.2. The summed E-state index contributed by atoms with van der Waals surface area (Å²) < 4.78 is 13.4. The van der Waals surface area contributed by atoms with Crippen LogP contribution in [0.2, 0.25) is 0 Å². The minimum Gasteiger partial charge on any atom is -0.300 e. The Bertz CT molecular complexity index is 589. The number of rotatable bonds is 6. The zero-order valence-corrected chi connectivity index (χ0v) is 12.6. The number of thioether (sulfide) groups is 1. The van der Waals surface area contributed by atoms with Crippen molar-refractivity contribution in [1.82, 2.24) is 10.2 Å². The average molecular weight is 311 g/mol. The summed E-state index contributed by atoms with van der Waals surface area (Å²) in [5.41, 5.74) is 0. The Balaban J connectivity index is 1.84. The van der Waals surface area contributed by atoms with Crippen LogP contribution >= 0.6 is 23.1 Å². The summed E-state index contributed by atoms with van der Waals surface area (Å²) in [7, 11) is 0. The molecule has 1 amide bonds. The van der Waals surface area contributed by atoms with Gasteiger partial charge in [-0.05, 0) is 18.6 Å². The Hall–Kier alpha value is -1.47. The van der Waals surface area contributed by atoms with E-state index < -0.39 is 0 Å². The monoisotopic (exact) mass is 311 g/mol. The number of hydrogen-bond donors (Lipinski definition) is 1. The number of aryl methyl sites for hydroxylation is 1. The summed E-state index contributed by atoms with van der Waals surface area (Å²) in [5.74, 6) is -0.382. The standard InChI is InChI=1S/C13H14FN3OS2/c1-2-5-12-16-17-13(20-12)15-11(18)8-19-10-7-4-3-6-9(10)14/h3-4,6-7H,2,5,8H2,1H3,(H,15,17,18). The van der Waals surface area contributed by atoms with E-state index in [1.165, 1.54) is 17.4 Å². The molecular weight excluding hydrogens is 297 g/mol. The van der Waals surface area contributed by atoms with E-state index in [4.69, 9.17) is 0 Å². The quantitative estimate of drug-likeness (QED) is 0.831. The third-order valence-electron chi connectivity index (χ3n) is 2.37. The Morgan fingerprint density at radius 1 is 1.40 bits per heavy atom. The Morgan fingerprint density at radius 2 is 2.20 bits per heavy atom. The predicted octanol–water partition coefficient (Wildman–Crippen LogP) is 3.36. The van der Waals surface area contributed by atoms with Crippen molar-refractivity contribution >= 4 is 34.1 Å². The summed E-state index contributed by atoms with van der Waals surface area (Å²) in [5, 5.41) is 12.0. The molecule has 2 rings (SSSR count). The second-order valence-electron chi connectivity index (χ2n) is 4.02. The van der Waals surface area contributed by atoms with Gasteiger partial charge in [0.1, 0.15) is 10.8 Å². The molecule has 0 atom stereocenters. The van der Waals surface area contributed by atoms with Crippen LogP contribution in [-0.2, 0) is 11.2 Å². The number of carbonyl (C=O) groups is 1. The normalized spacial score (nSPS) is 10.5. The number of benzene rings is 1. The molecule has 2 aromatic rings. The van der Waals surface area contributed by atoms with Gasteiger partial charge in [0.15, 0.2) is 0 Å². The van der Waals surface area contributed by atoms with Crippen LogP contribution < -0.4 is 5.32 Å². The van der Waals surface area contributed by atoms with Gasteiger partial charge in [0, 0.05) is 11.3 Å². The van der Waals surface area contributed by atoms with Crippen molar-refractivity contribution in [2.45, 2.75) is 24.7 Å². The summed E-state index contributed by atoms with van der Waals surface area (Å²) in [6, 6.07) is 6.39. The van der Waals surface area contributed by atoms with E-state index in [9.17, 15) is 9.18 Å². The number of amides is 1. The molecule has 0 aliphatic carbocycles. The number of anilines is 1. The fourth-order valence-electron chi connectivity index (χ4n) is 1.48. The van der Waals surface area contributed by atoms with E-state index in [1.807, 2.05) is 0 Å². The van der Waals surface area contributed by atoms with Crippen molar-refractivity contribution in [3.63, 3.8) is 0 Å². The molecule has 0 spiro atoms. The molecule has 0 bridgehead atoms. The van der Waals surface area contributed by atoms with Gasteiger partial charge in [0.2, 0.25) is 11.0 Å². The molecular formula is C13H14FN3OS2. The number of nitrogens with zero attached hydrogens (tertiary/aromatic N) is 2. The van der Waals surface area contributed by atoms with E-state index in [-0.39, 0.29) is 17.5 Å². The van der Waals surface area contributed by atoms with Gasteiger partial charge in [-0.15, -0.1) is 22.0 Å². The lowest BCUT2D eigenvalue weighted by atomic mass is 10.3. The van der Waals surface area contributed by atoms with E-state index in [0.717, 1.165) is 29.6 Å². The van der Waals surface area contributed by atoms with Gasteiger partial charge < -0.3 is 0 Å². The van der Waals surface area contributed by atoms with E-state index in [0.29, 0.717) is 10.0 Å². The number of halogens is 1. The fraction of sp³-hybridized carbons (Fsp3) is 0.308. The molecule has 0 aliphatic heterocycles. The number of carbonyl (C=O) groups excluding carboxylic acids is 1. The van der Waals surface area contributed by atoms with Gasteiger partial charge in [-0.3, -0.25) is 10.1 Å². The van der Waals surface area contributed by atoms with Crippen LogP contribution in [0.25, 0.3) is 0 Å². The molecule has 0 aliphatic rings. The maximum absolute atomic E-state index is 13.4. The van der Waals surface area contributed by atoms with E-state index >= 15 is 0 Å². The molecule has 20 heavy (non-hydrogen) atoms. The van der Waals surface area contributed by atoms with Gasteiger partial charge in [-0.25, -0.2) is 4.39 Å². The van der Waals surface area contributed by atoms with Gasteiger partial charge in [0.05, 0.1) is 5.75 Å². The fourth-order valence-corrected chi connectivity index (χ4v) is 3.08. The van der Waals surface area contributed by atoms with Crippen molar-refractivity contribution < 1.29 is 9.18 Å². The SMILES string of the molecule is CCCc1nnc(NC(=O)CSc2ccccc2F)s1. The van der Waals surface area contributed by atoms with Gasteiger partial charge in [-0.2, -0.15) is 0 Å². The first-order valence-corrected chi connectivity index (χ1v) is 7.99. The lowest BCUT2D eigenvalue weighted by Gasteiger charge is -2.02. The highest BCUT2D eigenvalue weighted by atomic mass is 32.2. The number of hydrogen-bond acceptors (Lipinski definition) is 5. The third-order valence-corrected chi connectivity index (χ3v) is 4.32. The molecule has 0 unspecified atom stereocenters.